The number of rotatable bonds is 1. The van der Waals surface area contributed by atoms with Crippen molar-refractivity contribution in [1.82, 2.24) is 5.32 Å². The maximum absolute atomic E-state index is 12.6. The van der Waals surface area contributed by atoms with Crippen LogP contribution in [0.3, 0.4) is 0 Å². The van der Waals surface area contributed by atoms with Crippen molar-refractivity contribution in [1.29, 1.82) is 0 Å². The molecule has 3 heteroatoms. The van der Waals surface area contributed by atoms with Crippen molar-refractivity contribution in [3.05, 3.63) is 35.6 Å². The van der Waals surface area contributed by atoms with Crippen LogP contribution in [0.5, 0.6) is 0 Å². The summed E-state index contributed by atoms with van der Waals surface area (Å²) >= 11 is 1.95. The van der Waals surface area contributed by atoms with Gasteiger partial charge in [0.15, 0.2) is 0 Å². The molecule has 0 amide bonds. The van der Waals surface area contributed by atoms with Crippen molar-refractivity contribution in [3.8, 4) is 0 Å². The molecule has 1 heterocycles. The van der Waals surface area contributed by atoms with Crippen LogP contribution >= 0.6 is 11.8 Å². The molecule has 1 unspecified atom stereocenters. The second kappa shape index (κ2) is 4.11. The van der Waals surface area contributed by atoms with Gasteiger partial charge in [-0.15, -0.1) is 0 Å². The molecule has 13 heavy (non-hydrogen) atoms. The molecule has 0 spiro atoms. The third-order valence-corrected chi connectivity index (χ3v) is 3.26. The molecule has 0 saturated carbocycles. The van der Waals surface area contributed by atoms with E-state index in [0.717, 1.165) is 12.3 Å². The van der Waals surface area contributed by atoms with E-state index in [9.17, 15) is 4.39 Å². The average Bonchev–Trinajstić information content (AvgIpc) is 2.20. The minimum Gasteiger partial charge on any atom is -0.308 e. The van der Waals surface area contributed by atoms with Gasteiger partial charge in [0.2, 0.25) is 0 Å². The van der Waals surface area contributed by atoms with E-state index in [1.54, 1.807) is 0 Å². The molecule has 0 aliphatic carbocycles. The van der Waals surface area contributed by atoms with Gasteiger partial charge in [0.05, 0.1) is 0 Å². The highest BCUT2D eigenvalue weighted by molar-refractivity contribution is 7.99. The summed E-state index contributed by atoms with van der Waals surface area (Å²) in [5.41, 5.74) is 1.19. The van der Waals surface area contributed by atoms with E-state index < -0.39 is 0 Å². The minimum atomic E-state index is -0.160. The van der Waals surface area contributed by atoms with Gasteiger partial charge in [-0.05, 0) is 17.7 Å². The molecule has 1 atom stereocenters. The topological polar surface area (TPSA) is 12.0 Å². The number of halogens is 1. The van der Waals surface area contributed by atoms with Crippen molar-refractivity contribution in [3.63, 3.8) is 0 Å². The normalized spacial score (nSPS) is 23.0. The van der Waals surface area contributed by atoms with E-state index in [2.05, 4.69) is 5.32 Å². The fourth-order valence-electron chi connectivity index (χ4n) is 1.47. The van der Waals surface area contributed by atoms with Crippen LogP contribution in [0.2, 0.25) is 0 Å². The van der Waals surface area contributed by atoms with Crippen LogP contribution < -0.4 is 5.32 Å². The molecule has 0 radical (unpaired) electrons. The Morgan fingerprint density at radius 3 is 2.69 bits per heavy atom. The van der Waals surface area contributed by atoms with Gasteiger partial charge in [-0.2, -0.15) is 11.8 Å². The highest BCUT2D eigenvalue weighted by Gasteiger charge is 2.14. The zero-order valence-corrected chi connectivity index (χ0v) is 8.11. The molecule has 0 aromatic heterocycles. The molecule has 1 nitrogen and oxygen atoms in total. The molecule has 1 aliphatic heterocycles. The lowest BCUT2D eigenvalue weighted by atomic mass is 10.1. The predicted octanol–water partition coefficient (Wildman–Crippen LogP) is 2.20. The molecular formula is C10H12FNS. The lowest BCUT2D eigenvalue weighted by Gasteiger charge is -2.23. The Morgan fingerprint density at radius 1 is 1.31 bits per heavy atom. The Kier molecular flexibility index (Phi) is 2.86. The molecule has 1 aliphatic rings. The summed E-state index contributed by atoms with van der Waals surface area (Å²) in [6.07, 6.45) is 0. The van der Waals surface area contributed by atoms with Crippen molar-refractivity contribution < 1.29 is 4.39 Å². The van der Waals surface area contributed by atoms with Gasteiger partial charge in [0.1, 0.15) is 5.82 Å². The Hall–Kier alpha value is -0.540. The Bertz CT molecular complexity index is 267. The van der Waals surface area contributed by atoms with E-state index in [-0.39, 0.29) is 5.82 Å². The first-order valence-corrected chi connectivity index (χ1v) is 5.58. The molecule has 1 N–H and O–H groups in total. The van der Waals surface area contributed by atoms with Crippen LogP contribution in [0.4, 0.5) is 4.39 Å². The van der Waals surface area contributed by atoms with E-state index in [1.807, 2.05) is 23.9 Å². The van der Waals surface area contributed by atoms with Gasteiger partial charge in [-0.3, -0.25) is 0 Å². The Balaban J connectivity index is 2.10. The Labute approximate surface area is 81.7 Å². The summed E-state index contributed by atoms with van der Waals surface area (Å²) in [5, 5.41) is 3.41. The average molecular weight is 197 g/mol. The van der Waals surface area contributed by atoms with E-state index in [1.165, 1.54) is 23.4 Å². The van der Waals surface area contributed by atoms with Gasteiger partial charge < -0.3 is 5.32 Å². The van der Waals surface area contributed by atoms with Gasteiger partial charge in [-0.25, -0.2) is 4.39 Å². The van der Waals surface area contributed by atoms with Gasteiger partial charge >= 0.3 is 0 Å². The molecule has 0 bridgehead atoms. The first-order chi connectivity index (χ1) is 6.36. The third-order valence-electron chi connectivity index (χ3n) is 2.19. The summed E-state index contributed by atoms with van der Waals surface area (Å²) in [5.74, 6) is 2.11. The molecular weight excluding hydrogens is 185 g/mol. The first-order valence-electron chi connectivity index (χ1n) is 4.43. The minimum absolute atomic E-state index is 0.160. The SMILES string of the molecule is Fc1ccc(C2CSCCN2)cc1. The maximum Gasteiger partial charge on any atom is 0.123 e. The van der Waals surface area contributed by atoms with Gasteiger partial charge in [0.25, 0.3) is 0 Å². The highest BCUT2D eigenvalue weighted by atomic mass is 32.2. The van der Waals surface area contributed by atoms with Crippen molar-refractivity contribution in [2.45, 2.75) is 6.04 Å². The molecule has 2 rings (SSSR count). The first kappa shape index (κ1) is 9.03. The standard InChI is InChI=1S/C10H12FNS/c11-9-3-1-8(2-4-9)10-7-13-6-5-12-10/h1-4,10,12H,5-7H2. The number of hydrogen-bond donors (Lipinski definition) is 1. The quantitative estimate of drug-likeness (QED) is 0.740. The molecule has 1 aromatic rings. The fraction of sp³-hybridized carbons (Fsp3) is 0.400. The van der Waals surface area contributed by atoms with Crippen LogP contribution in [-0.2, 0) is 0 Å². The van der Waals surface area contributed by atoms with Crippen LogP contribution in [0.15, 0.2) is 24.3 Å². The zero-order chi connectivity index (χ0) is 9.10. The Morgan fingerprint density at radius 2 is 2.08 bits per heavy atom. The number of nitrogens with one attached hydrogen (secondary N) is 1. The van der Waals surface area contributed by atoms with E-state index >= 15 is 0 Å². The van der Waals surface area contributed by atoms with Crippen LogP contribution in [0.1, 0.15) is 11.6 Å². The molecule has 70 valence electrons. The number of hydrogen-bond acceptors (Lipinski definition) is 2. The van der Waals surface area contributed by atoms with Gasteiger partial charge in [-0.1, -0.05) is 12.1 Å². The lowest BCUT2D eigenvalue weighted by Crippen LogP contribution is -2.30. The molecule has 1 saturated heterocycles. The van der Waals surface area contributed by atoms with Gasteiger partial charge in [0, 0.05) is 24.1 Å². The monoisotopic (exact) mass is 197 g/mol. The van der Waals surface area contributed by atoms with E-state index in [4.69, 9.17) is 0 Å². The third kappa shape index (κ3) is 2.23. The lowest BCUT2D eigenvalue weighted by molar-refractivity contribution is 0.589. The fourth-order valence-corrected chi connectivity index (χ4v) is 2.45. The summed E-state index contributed by atoms with van der Waals surface area (Å²) in [7, 11) is 0. The highest BCUT2D eigenvalue weighted by Crippen LogP contribution is 2.21. The summed E-state index contributed by atoms with van der Waals surface area (Å²) in [4.78, 5) is 0. The number of benzene rings is 1. The van der Waals surface area contributed by atoms with Crippen LogP contribution in [-0.4, -0.2) is 18.1 Å². The smallest absolute Gasteiger partial charge is 0.123 e. The summed E-state index contributed by atoms with van der Waals surface area (Å²) < 4.78 is 12.6. The summed E-state index contributed by atoms with van der Waals surface area (Å²) in [6, 6.07) is 7.17. The maximum atomic E-state index is 12.6. The number of thioether (sulfide) groups is 1. The van der Waals surface area contributed by atoms with Crippen LogP contribution in [0.25, 0.3) is 0 Å². The zero-order valence-electron chi connectivity index (χ0n) is 7.29. The van der Waals surface area contributed by atoms with Crippen molar-refractivity contribution >= 4 is 11.8 Å². The van der Waals surface area contributed by atoms with Crippen molar-refractivity contribution in [2.75, 3.05) is 18.1 Å². The second-order valence-corrected chi connectivity index (χ2v) is 4.28. The van der Waals surface area contributed by atoms with E-state index in [0.29, 0.717) is 6.04 Å². The molecule has 1 fully saturated rings. The predicted molar refractivity (Wildman–Crippen MR) is 54.5 cm³/mol. The van der Waals surface area contributed by atoms with Crippen molar-refractivity contribution in [2.24, 2.45) is 0 Å². The van der Waals surface area contributed by atoms with Crippen LogP contribution in [0, 0.1) is 5.82 Å². The second-order valence-electron chi connectivity index (χ2n) is 3.13. The largest absolute Gasteiger partial charge is 0.308 e. The summed E-state index contributed by atoms with van der Waals surface area (Å²) in [6.45, 7) is 1.05. The molecule has 1 aromatic carbocycles.